The zero-order chi connectivity index (χ0) is 17.6. The average Bonchev–Trinajstić information content (AvgIpc) is 2.61. The molecule has 0 atom stereocenters. The molecule has 6 heteroatoms. The maximum Gasteiger partial charge on any atom is 0.264 e. The molecule has 0 aliphatic rings. The summed E-state index contributed by atoms with van der Waals surface area (Å²) in [6.07, 6.45) is 5.11. The minimum absolute atomic E-state index is 0.0570. The topological polar surface area (TPSA) is 66.5 Å². The Kier molecular flexibility index (Phi) is 5.61. The number of nitrogens with zero attached hydrogens (tertiary/aromatic N) is 1. The van der Waals surface area contributed by atoms with Crippen molar-refractivity contribution in [1.29, 1.82) is 0 Å². The van der Waals surface area contributed by atoms with E-state index in [1.807, 2.05) is 6.07 Å². The van der Waals surface area contributed by atoms with Crippen LogP contribution in [0.2, 0.25) is 0 Å². The van der Waals surface area contributed by atoms with Crippen LogP contribution in [0.25, 0.3) is 0 Å². The second kappa shape index (κ2) is 7.66. The van der Waals surface area contributed by atoms with Crippen LogP contribution in [-0.4, -0.2) is 27.4 Å². The monoisotopic (exact) mass is 342 g/mol. The fraction of sp³-hybridized carbons (Fsp3) is 0.167. The molecule has 0 bridgehead atoms. The van der Waals surface area contributed by atoms with E-state index >= 15 is 0 Å². The van der Waals surface area contributed by atoms with E-state index in [0.717, 1.165) is 0 Å². The summed E-state index contributed by atoms with van der Waals surface area (Å²) < 4.78 is 27.1. The van der Waals surface area contributed by atoms with Gasteiger partial charge in [-0.05, 0) is 37.3 Å². The normalized spacial score (nSPS) is 10.7. The largest absolute Gasteiger partial charge is 0.341 e. The molecule has 124 valence electrons. The van der Waals surface area contributed by atoms with Crippen LogP contribution in [0.4, 0.5) is 5.69 Å². The van der Waals surface area contributed by atoms with Crippen molar-refractivity contribution in [2.24, 2.45) is 0 Å². The van der Waals surface area contributed by atoms with Crippen molar-refractivity contribution < 1.29 is 13.2 Å². The van der Waals surface area contributed by atoms with Crippen molar-refractivity contribution in [3.05, 3.63) is 60.2 Å². The van der Waals surface area contributed by atoms with Crippen LogP contribution in [0.3, 0.4) is 0 Å². The maximum atomic E-state index is 12.9. The van der Waals surface area contributed by atoms with E-state index in [1.165, 1.54) is 22.5 Å². The number of carbonyl (C=O) groups is 1. The fourth-order valence-corrected chi connectivity index (χ4v) is 3.76. The molecule has 5 nitrogen and oxygen atoms in total. The highest BCUT2D eigenvalue weighted by Crippen LogP contribution is 2.23. The number of terminal acetylenes is 1. The maximum absolute atomic E-state index is 12.9. The van der Waals surface area contributed by atoms with Gasteiger partial charge in [0.1, 0.15) is 0 Å². The minimum atomic E-state index is -3.77. The highest BCUT2D eigenvalue weighted by atomic mass is 32.2. The van der Waals surface area contributed by atoms with Gasteiger partial charge in [0, 0.05) is 12.1 Å². The summed E-state index contributed by atoms with van der Waals surface area (Å²) in [4.78, 5) is 12.0. The number of carbonyl (C=O) groups excluding carboxylic acids is 1. The fourth-order valence-electron chi connectivity index (χ4n) is 2.24. The second-order valence-corrected chi connectivity index (χ2v) is 6.78. The molecule has 0 unspecified atom stereocenters. The van der Waals surface area contributed by atoms with Crippen LogP contribution in [-0.2, 0) is 10.0 Å². The summed E-state index contributed by atoms with van der Waals surface area (Å²) in [5.41, 5.74) is 0.817. The van der Waals surface area contributed by atoms with Gasteiger partial charge in [-0.1, -0.05) is 30.2 Å². The van der Waals surface area contributed by atoms with E-state index < -0.39 is 15.9 Å². The van der Waals surface area contributed by atoms with E-state index in [2.05, 4.69) is 11.2 Å². The molecule has 0 spiro atoms. The molecule has 0 aliphatic heterocycles. The Morgan fingerprint density at radius 1 is 1.17 bits per heavy atom. The van der Waals surface area contributed by atoms with Crippen LogP contribution in [0, 0.1) is 12.3 Å². The molecule has 0 saturated carbocycles. The highest BCUT2D eigenvalue weighted by molar-refractivity contribution is 7.92. The Morgan fingerprint density at radius 2 is 1.88 bits per heavy atom. The Bertz CT molecular complexity index is 855. The van der Waals surface area contributed by atoms with Gasteiger partial charge in [-0.25, -0.2) is 8.42 Å². The predicted molar refractivity (Wildman–Crippen MR) is 94.3 cm³/mol. The summed E-state index contributed by atoms with van der Waals surface area (Å²) in [5.74, 6) is 1.89. The molecule has 0 heterocycles. The van der Waals surface area contributed by atoms with Crippen molar-refractivity contribution in [3.8, 4) is 12.3 Å². The molecule has 2 rings (SSSR count). The van der Waals surface area contributed by atoms with Gasteiger partial charge in [-0.15, -0.1) is 6.42 Å². The third-order valence-electron chi connectivity index (χ3n) is 3.37. The number of anilines is 1. The first kappa shape index (κ1) is 17.6. The molecule has 0 fully saturated rings. The quantitative estimate of drug-likeness (QED) is 0.819. The number of amides is 1. The Morgan fingerprint density at radius 3 is 2.50 bits per heavy atom. The SMILES string of the molecule is C#CCNC(=O)c1cccc(S(=O)(=O)N(CC)c2ccccc2)c1. The number of hydrogen-bond donors (Lipinski definition) is 1. The lowest BCUT2D eigenvalue weighted by Crippen LogP contribution is -2.31. The van der Waals surface area contributed by atoms with Gasteiger partial charge in [-0.2, -0.15) is 0 Å². The third-order valence-corrected chi connectivity index (χ3v) is 5.27. The molecule has 1 amide bonds. The summed E-state index contributed by atoms with van der Waals surface area (Å²) in [6, 6.07) is 14.7. The van der Waals surface area contributed by atoms with Gasteiger partial charge in [0.15, 0.2) is 0 Å². The molecule has 1 N–H and O–H groups in total. The average molecular weight is 342 g/mol. The lowest BCUT2D eigenvalue weighted by molar-refractivity contribution is 0.0958. The van der Waals surface area contributed by atoms with Crippen molar-refractivity contribution in [3.63, 3.8) is 0 Å². The molecule has 24 heavy (non-hydrogen) atoms. The molecule has 2 aromatic rings. The van der Waals surface area contributed by atoms with E-state index in [4.69, 9.17) is 6.42 Å². The van der Waals surface area contributed by atoms with Gasteiger partial charge in [0.2, 0.25) is 0 Å². The van der Waals surface area contributed by atoms with E-state index in [9.17, 15) is 13.2 Å². The summed E-state index contributed by atoms with van der Waals surface area (Å²) in [5, 5.41) is 2.52. The molecule has 0 saturated heterocycles. The van der Waals surface area contributed by atoms with Crippen LogP contribution in [0.1, 0.15) is 17.3 Å². The van der Waals surface area contributed by atoms with Gasteiger partial charge in [-0.3, -0.25) is 9.10 Å². The number of para-hydroxylation sites is 1. The molecular formula is C18H18N2O3S. The summed E-state index contributed by atoms with van der Waals surface area (Å²) >= 11 is 0. The highest BCUT2D eigenvalue weighted by Gasteiger charge is 2.24. The van der Waals surface area contributed by atoms with Crippen molar-refractivity contribution in [2.75, 3.05) is 17.4 Å². The minimum Gasteiger partial charge on any atom is -0.341 e. The number of rotatable bonds is 6. The Balaban J connectivity index is 2.39. The molecule has 0 aliphatic carbocycles. The number of hydrogen-bond acceptors (Lipinski definition) is 3. The Hall–Kier alpha value is -2.78. The first-order valence-electron chi connectivity index (χ1n) is 7.40. The summed E-state index contributed by atoms with van der Waals surface area (Å²) in [7, 11) is -3.77. The number of sulfonamides is 1. The number of benzene rings is 2. The molecule has 0 aromatic heterocycles. The lowest BCUT2D eigenvalue weighted by atomic mass is 10.2. The zero-order valence-corrected chi connectivity index (χ0v) is 14.1. The predicted octanol–water partition coefficient (Wildman–Crippen LogP) is 2.26. The van der Waals surface area contributed by atoms with Crippen molar-refractivity contribution in [2.45, 2.75) is 11.8 Å². The first-order valence-corrected chi connectivity index (χ1v) is 8.84. The van der Waals surface area contributed by atoms with Crippen LogP contribution >= 0.6 is 0 Å². The summed E-state index contributed by atoms with van der Waals surface area (Å²) in [6.45, 7) is 2.12. The van der Waals surface area contributed by atoms with Gasteiger partial charge in [0.05, 0.1) is 17.1 Å². The van der Waals surface area contributed by atoms with Crippen LogP contribution in [0.15, 0.2) is 59.5 Å². The molecular weight excluding hydrogens is 324 g/mol. The van der Waals surface area contributed by atoms with Crippen molar-refractivity contribution >= 4 is 21.6 Å². The van der Waals surface area contributed by atoms with Crippen LogP contribution < -0.4 is 9.62 Å². The number of nitrogens with one attached hydrogen (secondary N) is 1. The zero-order valence-electron chi connectivity index (χ0n) is 13.3. The standard InChI is InChI=1S/C18H18N2O3S/c1-3-13-19-18(21)15-9-8-12-17(14-15)24(22,23)20(4-2)16-10-6-5-7-11-16/h1,5-12,14H,4,13H2,2H3,(H,19,21). The van der Waals surface area contributed by atoms with Gasteiger partial charge in [0.25, 0.3) is 15.9 Å². The van der Waals surface area contributed by atoms with Crippen LogP contribution in [0.5, 0.6) is 0 Å². The Labute approximate surface area is 142 Å². The van der Waals surface area contributed by atoms with Crippen molar-refractivity contribution in [1.82, 2.24) is 5.32 Å². The van der Waals surface area contributed by atoms with E-state index in [0.29, 0.717) is 5.69 Å². The second-order valence-electron chi connectivity index (χ2n) is 4.92. The molecule has 2 aromatic carbocycles. The molecule has 0 radical (unpaired) electrons. The van der Waals surface area contributed by atoms with E-state index in [-0.39, 0.29) is 23.5 Å². The smallest absolute Gasteiger partial charge is 0.264 e. The van der Waals surface area contributed by atoms with Gasteiger partial charge >= 0.3 is 0 Å². The third kappa shape index (κ3) is 3.76. The lowest BCUT2D eigenvalue weighted by Gasteiger charge is -2.23. The van der Waals surface area contributed by atoms with E-state index in [1.54, 1.807) is 37.3 Å². The van der Waals surface area contributed by atoms with Gasteiger partial charge < -0.3 is 5.32 Å². The first-order chi connectivity index (χ1) is 11.5.